The second kappa shape index (κ2) is 16.0. The average Bonchev–Trinajstić information content (AvgIpc) is 3.45. The quantitative estimate of drug-likeness (QED) is 0.107. The van der Waals surface area contributed by atoms with Gasteiger partial charge in [0.15, 0.2) is 0 Å². The first-order valence-corrected chi connectivity index (χ1v) is 17.1. The van der Waals surface area contributed by atoms with Crippen LogP contribution in [0.25, 0.3) is 0 Å². The number of carboxylic acid groups (broad SMARTS) is 2. The minimum atomic E-state index is -1.06. The van der Waals surface area contributed by atoms with Crippen molar-refractivity contribution < 1.29 is 48.5 Å². The molecule has 2 N–H and O–H groups in total. The molecule has 9 unspecified atom stereocenters. The highest BCUT2D eigenvalue weighted by Gasteiger charge is 2.59. The number of hydrogen-bond donors (Lipinski definition) is 2. The van der Waals surface area contributed by atoms with Crippen LogP contribution in [0.15, 0.2) is 0 Å². The molecule has 2 aliphatic heterocycles. The van der Waals surface area contributed by atoms with Crippen molar-refractivity contribution in [2.24, 2.45) is 53.3 Å². The number of unbranched alkanes of at least 4 members (excludes halogenated alkanes) is 11. The predicted molar refractivity (Wildman–Crippen MR) is 158 cm³/mol. The van der Waals surface area contributed by atoms with Gasteiger partial charge in [-0.1, -0.05) is 90.4 Å². The molecule has 4 aliphatic rings. The number of carbonyl (C=O) groups excluding carboxylic acids is 4. The van der Waals surface area contributed by atoms with Crippen LogP contribution >= 0.6 is 0 Å². The Labute approximate surface area is 260 Å². The van der Waals surface area contributed by atoms with Crippen molar-refractivity contribution >= 4 is 35.8 Å². The van der Waals surface area contributed by atoms with Gasteiger partial charge in [-0.15, -0.1) is 0 Å². The van der Waals surface area contributed by atoms with Crippen LogP contribution in [0.2, 0.25) is 0 Å². The molecule has 2 aliphatic carbocycles. The second-order valence-corrected chi connectivity index (χ2v) is 13.7. The summed E-state index contributed by atoms with van der Waals surface area (Å²) in [5.41, 5.74) is 0. The van der Waals surface area contributed by atoms with E-state index in [2.05, 4.69) is 6.92 Å². The Morgan fingerprint density at radius 3 is 1.61 bits per heavy atom. The minimum absolute atomic E-state index is 0.178. The van der Waals surface area contributed by atoms with Gasteiger partial charge in [-0.2, -0.15) is 0 Å². The summed E-state index contributed by atoms with van der Waals surface area (Å²) in [5.74, 6) is -11.7. The summed E-state index contributed by atoms with van der Waals surface area (Å²) in [6, 6.07) is 0. The van der Waals surface area contributed by atoms with Gasteiger partial charge in [-0.05, 0) is 49.9 Å². The van der Waals surface area contributed by atoms with Gasteiger partial charge in [-0.3, -0.25) is 28.8 Å². The Kier molecular flexibility index (Phi) is 12.4. The van der Waals surface area contributed by atoms with Crippen molar-refractivity contribution in [1.82, 2.24) is 0 Å². The van der Waals surface area contributed by atoms with Crippen LogP contribution in [0, 0.1) is 53.3 Å². The van der Waals surface area contributed by atoms with E-state index in [1.807, 2.05) is 0 Å². The van der Waals surface area contributed by atoms with Crippen LogP contribution in [-0.2, 0) is 38.2 Å². The standard InChI is InChI=1S/C34H50O10/c1-2-3-4-5-6-7-8-9-10-11-12-13-14-20(26-22(30(37)38)16-18-24-28(26)34(42)44-32(24)40)19-25-21(29(35)36)15-17-23-27(25)33(41)43-31(23)39/h20-28H,2-19H2,1H3,(H,35,36)(H,37,38). The van der Waals surface area contributed by atoms with Crippen molar-refractivity contribution in [2.45, 2.75) is 122 Å². The van der Waals surface area contributed by atoms with E-state index in [0.29, 0.717) is 6.42 Å². The molecule has 4 rings (SSSR count). The summed E-state index contributed by atoms with van der Waals surface area (Å²) in [5, 5.41) is 20.3. The average molecular weight is 619 g/mol. The van der Waals surface area contributed by atoms with Crippen molar-refractivity contribution in [3.63, 3.8) is 0 Å². The zero-order valence-electron chi connectivity index (χ0n) is 26.1. The molecule has 0 aromatic rings. The molecule has 0 radical (unpaired) electrons. The number of carbonyl (C=O) groups is 6. The number of esters is 4. The van der Waals surface area contributed by atoms with Crippen molar-refractivity contribution in [1.29, 1.82) is 0 Å². The number of cyclic esters (lactones) is 4. The summed E-state index contributed by atoms with van der Waals surface area (Å²) in [6.45, 7) is 2.22. The number of ether oxygens (including phenoxy) is 2. The molecule has 0 bridgehead atoms. The molecule has 10 nitrogen and oxygen atoms in total. The number of fused-ring (bicyclic) bond motifs is 2. The van der Waals surface area contributed by atoms with Gasteiger partial charge in [0.05, 0.1) is 35.5 Å². The highest BCUT2D eigenvalue weighted by molar-refractivity contribution is 5.98. The first kappa shape index (κ1) is 34.1. The third-order valence-electron chi connectivity index (χ3n) is 11.0. The lowest BCUT2D eigenvalue weighted by atomic mass is 9.57. The van der Waals surface area contributed by atoms with E-state index in [0.717, 1.165) is 25.7 Å². The molecule has 0 aromatic carbocycles. The normalized spacial score (nSPS) is 32.1. The smallest absolute Gasteiger partial charge is 0.317 e. The number of carboxylic acids is 2. The van der Waals surface area contributed by atoms with E-state index in [9.17, 15) is 39.0 Å². The minimum Gasteiger partial charge on any atom is -0.481 e. The van der Waals surface area contributed by atoms with Crippen LogP contribution in [0.1, 0.15) is 122 Å². The van der Waals surface area contributed by atoms with E-state index in [-0.39, 0.29) is 32.1 Å². The molecule has 0 aromatic heterocycles. The van der Waals surface area contributed by atoms with Gasteiger partial charge in [0.2, 0.25) is 0 Å². The molecule has 2 saturated heterocycles. The number of hydrogen-bond acceptors (Lipinski definition) is 8. The second-order valence-electron chi connectivity index (χ2n) is 13.7. The Morgan fingerprint density at radius 2 is 1.09 bits per heavy atom. The highest BCUT2D eigenvalue weighted by atomic mass is 16.6. The summed E-state index contributed by atoms with van der Waals surface area (Å²) in [4.78, 5) is 75.6. The zero-order valence-corrected chi connectivity index (χ0v) is 26.1. The molecular weight excluding hydrogens is 568 g/mol. The molecule has 44 heavy (non-hydrogen) atoms. The number of rotatable bonds is 18. The SMILES string of the molecule is CCCCCCCCCCCCCCC(CC1C(C(=O)O)CCC2C(=O)OC(=O)C21)C1C(C(=O)O)CCC2C(=O)OC(=O)C21. The van der Waals surface area contributed by atoms with Gasteiger partial charge < -0.3 is 19.7 Å². The Morgan fingerprint density at radius 1 is 0.636 bits per heavy atom. The maximum atomic E-state index is 13.0. The van der Waals surface area contributed by atoms with Gasteiger partial charge in [0.1, 0.15) is 0 Å². The molecule has 4 fully saturated rings. The monoisotopic (exact) mass is 618 g/mol. The summed E-state index contributed by atoms with van der Waals surface area (Å²) >= 11 is 0. The van der Waals surface area contributed by atoms with Crippen LogP contribution in [-0.4, -0.2) is 46.0 Å². The van der Waals surface area contributed by atoms with Gasteiger partial charge in [0, 0.05) is 0 Å². The predicted octanol–water partition coefficient (Wildman–Crippen LogP) is 5.94. The molecule has 246 valence electrons. The Bertz CT molecular complexity index is 1070. The molecular formula is C34H50O10. The van der Waals surface area contributed by atoms with Gasteiger partial charge in [0.25, 0.3) is 0 Å². The summed E-state index contributed by atoms with van der Waals surface area (Å²) in [6.07, 6.45) is 15.5. The lowest BCUT2D eigenvalue weighted by molar-refractivity contribution is -0.158. The largest absolute Gasteiger partial charge is 0.481 e. The lowest BCUT2D eigenvalue weighted by Crippen LogP contribution is -2.46. The summed E-state index contributed by atoms with van der Waals surface area (Å²) < 4.78 is 9.95. The Hall–Kier alpha value is -2.78. The third kappa shape index (κ3) is 7.89. The van der Waals surface area contributed by atoms with E-state index < -0.39 is 89.1 Å². The lowest BCUT2D eigenvalue weighted by Gasteiger charge is -2.43. The fourth-order valence-electron chi connectivity index (χ4n) is 8.82. The van der Waals surface area contributed by atoms with Crippen LogP contribution in [0.4, 0.5) is 0 Å². The first-order valence-electron chi connectivity index (χ1n) is 17.1. The molecule has 2 heterocycles. The van der Waals surface area contributed by atoms with Crippen molar-refractivity contribution in [3.05, 3.63) is 0 Å². The van der Waals surface area contributed by atoms with E-state index in [4.69, 9.17) is 9.47 Å². The molecule has 10 heteroatoms. The van der Waals surface area contributed by atoms with E-state index in [1.54, 1.807) is 0 Å². The first-order chi connectivity index (χ1) is 21.1. The highest BCUT2D eigenvalue weighted by Crippen LogP contribution is 2.53. The van der Waals surface area contributed by atoms with Gasteiger partial charge >= 0.3 is 35.8 Å². The van der Waals surface area contributed by atoms with Gasteiger partial charge in [-0.25, -0.2) is 0 Å². The van der Waals surface area contributed by atoms with E-state index in [1.165, 1.54) is 51.4 Å². The zero-order chi connectivity index (χ0) is 31.8. The topological polar surface area (TPSA) is 161 Å². The third-order valence-corrected chi connectivity index (χ3v) is 11.0. The fraction of sp³-hybridized carbons (Fsp3) is 0.824. The Balaban J connectivity index is 1.47. The maximum Gasteiger partial charge on any atom is 0.317 e. The summed E-state index contributed by atoms with van der Waals surface area (Å²) in [7, 11) is 0. The molecule has 9 atom stereocenters. The van der Waals surface area contributed by atoms with Crippen LogP contribution < -0.4 is 0 Å². The maximum absolute atomic E-state index is 13.0. The van der Waals surface area contributed by atoms with Crippen LogP contribution in [0.5, 0.6) is 0 Å². The van der Waals surface area contributed by atoms with E-state index >= 15 is 0 Å². The molecule has 0 amide bonds. The molecule has 2 saturated carbocycles. The number of aliphatic carboxylic acids is 2. The van der Waals surface area contributed by atoms with Crippen molar-refractivity contribution in [2.75, 3.05) is 0 Å². The molecule has 0 spiro atoms. The van der Waals surface area contributed by atoms with Crippen LogP contribution in [0.3, 0.4) is 0 Å². The fourth-order valence-corrected chi connectivity index (χ4v) is 8.82. The van der Waals surface area contributed by atoms with Crippen molar-refractivity contribution in [3.8, 4) is 0 Å².